The number of aliphatic hydroxyl groups excluding tert-OH is 4. The number of likely N-dealkylation sites (N-methyl/N-ethyl adjacent to an activating group) is 1. The van der Waals surface area contributed by atoms with Crippen molar-refractivity contribution >= 4 is 18.3 Å². The number of nitrogens with one attached hydrogen (secondary N) is 2. The largest absolute Gasteiger partial charge is 0.445 e. The maximum absolute atomic E-state index is 13.4. The number of ether oxygens (including phenoxy) is 9. The molecule has 1 aliphatic carbocycles. The summed E-state index contributed by atoms with van der Waals surface area (Å²) in [5.74, 6) is -0.720. The second kappa shape index (κ2) is 21.8. The summed E-state index contributed by atoms with van der Waals surface area (Å²) in [7, 11) is 1.49. The van der Waals surface area contributed by atoms with Crippen molar-refractivity contribution in [2.75, 3.05) is 13.7 Å². The number of benzene rings is 3. The Kier molecular flexibility index (Phi) is 15.7. The number of fused-ring (bicyclic) bond motifs is 3. The SMILES string of the molecule is CN1C(=O)OC2C3O[C@H](O[C@H]4C[C@H](O)[C@@H](C(O)OCc5ccccc5)CC4N)[C@@H](NC(=O)OCc4ccccc4)C[C@@H]3OC(O[C@H]3OC(CO)[C@@H](NC(=O)OCc4ccccc4)C[C@@H]3O)C21. The Morgan fingerprint density at radius 2 is 1.32 bits per heavy atom. The Labute approximate surface area is 381 Å². The number of carbonyl (C=O) groups is 3. The lowest BCUT2D eigenvalue weighted by Gasteiger charge is -2.50. The molecule has 8 rings (SSSR count). The standard InChI is InChI=1S/C46H58N4O16/c1-50-37-39(65-46(50)57)38-35(62-43(37)66-42-33(53)18-30(36(21-51)63-42)48-44(55)59-23-26-13-7-3-8-14-26)19-31(49-45(56)60-24-27-15-9-4-10-16-27)41(64-38)61-34-20-32(52)28(17-29(34)47)40(54)58-22-25-11-5-2-6-12-25/h2-16,28-43,51-54H,17-24,47H2,1H3,(H,48,55)(H,49,56)/t28-,29?,30-,31-,32-,33-,34-,35-,36?,37?,38?,39?,40?,41-,42+,43?/m0/s1. The molecule has 5 fully saturated rings. The summed E-state index contributed by atoms with van der Waals surface area (Å²) in [6, 6.07) is 24.0. The minimum atomic E-state index is -1.39. The van der Waals surface area contributed by atoms with E-state index in [-0.39, 0.29) is 45.5 Å². The van der Waals surface area contributed by atoms with Gasteiger partial charge in [0.1, 0.15) is 37.6 Å². The molecule has 0 aromatic heterocycles. The van der Waals surface area contributed by atoms with E-state index in [1.54, 1.807) is 24.3 Å². The van der Waals surface area contributed by atoms with E-state index < -0.39 is 123 Å². The Morgan fingerprint density at radius 1 is 0.727 bits per heavy atom. The van der Waals surface area contributed by atoms with E-state index in [1.807, 2.05) is 66.7 Å². The molecule has 8 N–H and O–H groups in total. The molecule has 4 saturated heterocycles. The summed E-state index contributed by atoms with van der Waals surface area (Å²) in [4.78, 5) is 40.5. The topological polar surface area (TPSA) is 269 Å². The second-order valence-electron chi connectivity index (χ2n) is 17.2. The molecule has 1 saturated carbocycles. The molecule has 3 amide bonds. The first-order valence-electron chi connectivity index (χ1n) is 22.2. The van der Waals surface area contributed by atoms with Gasteiger partial charge in [0.05, 0.1) is 43.6 Å². The van der Waals surface area contributed by atoms with Crippen LogP contribution in [-0.4, -0.2) is 149 Å². The molecule has 7 unspecified atom stereocenters. The highest BCUT2D eigenvalue weighted by molar-refractivity contribution is 5.71. The molecule has 16 atom stereocenters. The van der Waals surface area contributed by atoms with Crippen LogP contribution in [0.2, 0.25) is 0 Å². The molecule has 0 radical (unpaired) electrons. The van der Waals surface area contributed by atoms with Crippen molar-refractivity contribution in [1.29, 1.82) is 0 Å². The Morgan fingerprint density at radius 3 is 1.92 bits per heavy atom. The van der Waals surface area contributed by atoms with Crippen LogP contribution in [0.25, 0.3) is 0 Å². The lowest BCUT2D eigenvalue weighted by Crippen LogP contribution is -2.68. The molecule has 20 nitrogen and oxygen atoms in total. The fourth-order valence-corrected chi connectivity index (χ4v) is 9.10. The predicted octanol–water partition coefficient (Wildman–Crippen LogP) is 1.74. The van der Waals surface area contributed by atoms with Gasteiger partial charge in [-0.25, -0.2) is 14.4 Å². The second-order valence-corrected chi connectivity index (χ2v) is 17.2. The van der Waals surface area contributed by atoms with Crippen LogP contribution in [0.1, 0.15) is 42.4 Å². The first-order chi connectivity index (χ1) is 31.9. The molecule has 20 heteroatoms. The van der Waals surface area contributed by atoms with Gasteiger partial charge in [-0.2, -0.15) is 0 Å². The Hall–Kier alpha value is -4.97. The molecule has 4 heterocycles. The van der Waals surface area contributed by atoms with Crippen LogP contribution in [0, 0.1) is 5.92 Å². The lowest BCUT2D eigenvalue weighted by atomic mass is 9.81. The first-order valence-corrected chi connectivity index (χ1v) is 22.2. The Bertz CT molecular complexity index is 2040. The third-order valence-electron chi connectivity index (χ3n) is 12.7. The maximum Gasteiger partial charge on any atom is 0.410 e. The van der Waals surface area contributed by atoms with E-state index >= 15 is 0 Å². The first kappa shape index (κ1) is 47.5. The third-order valence-corrected chi connectivity index (χ3v) is 12.7. The van der Waals surface area contributed by atoms with Crippen LogP contribution < -0.4 is 16.4 Å². The van der Waals surface area contributed by atoms with E-state index in [1.165, 1.54) is 11.9 Å². The maximum atomic E-state index is 13.4. The average Bonchev–Trinajstić information content (AvgIpc) is 3.63. The van der Waals surface area contributed by atoms with Crippen molar-refractivity contribution in [2.24, 2.45) is 11.7 Å². The number of rotatable bonds is 15. The summed E-state index contributed by atoms with van der Waals surface area (Å²) >= 11 is 0. The number of amides is 3. The average molecular weight is 923 g/mol. The van der Waals surface area contributed by atoms with Gasteiger partial charge in [0, 0.05) is 38.3 Å². The van der Waals surface area contributed by atoms with E-state index in [9.17, 15) is 34.8 Å². The van der Waals surface area contributed by atoms with Crippen LogP contribution in [0.15, 0.2) is 91.0 Å². The van der Waals surface area contributed by atoms with Crippen molar-refractivity contribution in [3.05, 3.63) is 108 Å². The number of nitrogens with zero attached hydrogens (tertiary/aromatic N) is 1. The molecule has 4 aliphatic heterocycles. The monoisotopic (exact) mass is 922 g/mol. The highest BCUT2D eigenvalue weighted by Crippen LogP contribution is 2.41. The minimum absolute atomic E-state index is 0.00327. The summed E-state index contributed by atoms with van der Waals surface area (Å²) in [6.07, 6.45) is -14.6. The molecule has 0 bridgehead atoms. The highest BCUT2D eigenvalue weighted by Gasteiger charge is 2.60. The third kappa shape index (κ3) is 11.4. The minimum Gasteiger partial charge on any atom is -0.445 e. The fourth-order valence-electron chi connectivity index (χ4n) is 9.10. The molecule has 0 spiro atoms. The number of hydrogen-bond donors (Lipinski definition) is 7. The van der Waals surface area contributed by atoms with Crippen molar-refractivity contribution in [3.63, 3.8) is 0 Å². The number of carbonyl (C=O) groups excluding carboxylic acids is 3. The van der Waals surface area contributed by atoms with Crippen molar-refractivity contribution in [3.8, 4) is 0 Å². The Balaban J connectivity index is 0.942. The number of alkyl carbamates (subject to hydrolysis) is 2. The van der Waals surface area contributed by atoms with Crippen LogP contribution in [0.3, 0.4) is 0 Å². The van der Waals surface area contributed by atoms with Crippen molar-refractivity contribution in [1.82, 2.24) is 15.5 Å². The van der Waals surface area contributed by atoms with Gasteiger partial charge in [0.15, 0.2) is 31.3 Å². The highest BCUT2D eigenvalue weighted by atomic mass is 16.8. The van der Waals surface area contributed by atoms with Gasteiger partial charge < -0.3 is 79.4 Å². The van der Waals surface area contributed by atoms with Gasteiger partial charge in [-0.05, 0) is 23.1 Å². The summed E-state index contributed by atoms with van der Waals surface area (Å²) in [5, 5.41) is 49.2. The van der Waals surface area contributed by atoms with E-state index in [4.69, 9.17) is 48.4 Å². The molecule has 3 aromatic rings. The molecule has 3 aromatic carbocycles. The normalized spacial score (nSPS) is 34.5. The molecule has 66 heavy (non-hydrogen) atoms. The van der Waals surface area contributed by atoms with Crippen molar-refractivity contribution < 1.29 is 77.4 Å². The summed E-state index contributed by atoms with van der Waals surface area (Å²) < 4.78 is 54.3. The molecular weight excluding hydrogens is 865 g/mol. The summed E-state index contributed by atoms with van der Waals surface area (Å²) in [5.41, 5.74) is 9.02. The van der Waals surface area contributed by atoms with Gasteiger partial charge in [-0.3, -0.25) is 4.90 Å². The zero-order chi connectivity index (χ0) is 46.3. The molecule has 5 aliphatic rings. The van der Waals surface area contributed by atoms with Gasteiger partial charge >= 0.3 is 18.3 Å². The van der Waals surface area contributed by atoms with Crippen LogP contribution in [0.4, 0.5) is 14.4 Å². The lowest BCUT2D eigenvalue weighted by molar-refractivity contribution is -0.365. The van der Waals surface area contributed by atoms with E-state index in [0.717, 1.165) is 16.7 Å². The van der Waals surface area contributed by atoms with Gasteiger partial charge in [0.2, 0.25) is 0 Å². The number of hydrogen-bond acceptors (Lipinski definition) is 17. The number of aliphatic hydroxyl groups is 4. The quantitative estimate of drug-likeness (QED) is 0.0845. The summed E-state index contributed by atoms with van der Waals surface area (Å²) in [6.45, 7) is -0.442. The van der Waals surface area contributed by atoms with E-state index in [2.05, 4.69) is 10.6 Å². The van der Waals surface area contributed by atoms with Crippen LogP contribution in [-0.2, 0) is 62.5 Å². The molecule has 358 valence electrons. The number of nitrogens with two attached hydrogens (primary N) is 1. The smallest absolute Gasteiger partial charge is 0.410 e. The van der Waals surface area contributed by atoms with Crippen LogP contribution >= 0.6 is 0 Å². The van der Waals surface area contributed by atoms with E-state index in [0.29, 0.717) is 0 Å². The van der Waals surface area contributed by atoms with Crippen LogP contribution in [0.5, 0.6) is 0 Å². The van der Waals surface area contributed by atoms with Gasteiger partial charge in [0.25, 0.3) is 0 Å². The van der Waals surface area contributed by atoms with Gasteiger partial charge in [-0.1, -0.05) is 91.0 Å². The predicted molar refractivity (Wildman–Crippen MR) is 227 cm³/mol. The molecular formula is C46H58N4O16. The zero-order valence-corrected chi connectivity index (χ0v) is 36.3. The zero-order valence-electron chi connectivity index (χ0n) is 36.3. The fraction of sp³-hybridized carbons (Fsp3) is 0.543. The van der Waals surface area contributed by atoms with Gasteiger partial charge in [-0.15, -0.1) is 0 Å². The van der Waals surface area contributed by atoms with Crippen molar-refractivity contribution in [2.45, 2.75) is 138 Å².